The van der Waals surface area contributed by atoms with Crippen molar-refractivity contribution < 1.29 is 0 Å². The lowest BCUT2D eigenvalue weighted by molar-refractivity contribution is 0.631. The second-order valence-electron chi connectivity index (χ2n) is 4.51. The first-order chi connectivity index (χ1) is 9.69. The van der Waals surface area contributed by atoms with E-state index in [-0.39, 0.29) is 0 Å². The molecule has 0 saturated carbocycles. The normalized spacial score (nSPS) is 11.3. The maximum atomic E-state index is 4.58. The van der Waals surface area contributed by atoms with Crippen molar-refractivity contribution in [1.82, 2.24) is 19.7 Å². The van der Waals surface area contributed by atoms with Crippen molar-refractivity contribution in [2.24, 2.45) is 0 Å². The number of aromatic nitrogens is 4. The molecule has 3 rings (SSSR count). The lowest BCUT2D eigenvalue weighted by atomic mass is 10.3. The van der Waals surface area contributed by atoms with Gasteiger partial charge in [0.1, 0.15) is 0 Å². The number of aryl methyl sites for hydroxylation is 2. The van der Waals surface area contributed by atoms with Crippen LogP contribution in [0.4, 0.5) is 0 Å². The van der Waals surface area contributed by atoms with E-state index in [1.165, 1.54) is 5.69 Å². The molecule has 0 aliphatic rings. The summed E-state index contributed by atoms with van der Waals surface area (Å²) in [5, 5.41) is 5.45. The Morgan fingerprint density at radius 3 is 2.90 bits per heavy atom. The van der Waals surface area contributed by atoms with Crippen molar-refractivity contribution >= 4 is 38.7 Å². The van der Waals surface area contributed by atoms with E-state index in [2.05, 4.69) is 37.9 Å². The van der Waals surface area contributed by atoms with E-state index < -0.39 is 0 Å². The summed E-state index contributed by atoms with van der Waals surface area (Å²) in [4.78, 5) is 7.92. The van der Waals surface area contributed by atoms with Crippen LogP contribution in [-0.2, 0) is 12.3 Å². The zero-order valence-corrected chi connectivity index (χ0v) is 13.8. The standard InChI is InChI=1S/C14H15BrN4S/c1-3-19-12(13(15)9(2)18-19)8-20-14-16-10-6-4-5-7-11(10)17-14/h4-7H,3,8H2,1-2H3,(H,16,17). The van der Waals surface area contributed by atoms with Crippen LogP contribution in [0.5, 0.6) is 0 Å². The van der Waals surface area contributed by atoms with Gasteiger partial charge in [-0.25, -0.2) is 4.98 Å². The molecule has 1 N–H and O–H groups in total. The van der Waals surface area contributed by atoms with Gasteiger partial charge in [0, 0.05) is 12.3 Å². The molecule has 0 atom stereocenters. The molecule has 0 spiro atoms. The topological polar surface area (TPSA) is 46.5 Å². The van der Waals surface area contributed by atoms with Gasteiger partial charge < -0.3 is 4.98 Å². The number of halogens is 1. The number of hydrogen-bond donors (Lipinski definition) is 1. The molecular weight excluding hydrogens is 336 g/mol. The Hall–Kier alpha value is -1.27. The molecular formula is C14H15BrN4S. The molecule has 1 aromatic carbocycles. The lowest BCUT2D eigenvalue weighted by Crippen LogP contribution is -2.01. The number of nitrogens with zero attached hydrogens (tertiary/aromatic N) is 3. The van der Waals surface area contributed by atoms with E-state index in [9.17, 15) is 0 Å². The summed E-state index contributed by atoms with van der Waals surface area (Å²) in [6.07, 6.45) is 0. The van der Waals surface area contributed by atoms with Crippen LogP contribution in [0.15, 0.2) is 33.9 Å². The number of thioether (sulfide) groups is 1. The first-order valence-electron chi connectivity index (χ1n) is 6.48. The maximum Gasteiger partial charge on any atom is 0.166 e. The molecule has 20 heavy (non-hydrogen) atoms. The van der Waals surface area contributed by atoms with Gasteiger partial charge in [-0.05, 0) is 41.9 Å². The molecule has 0 radical (unpaired) electrons. The van der Waals surface area contributed by atoms with Crippen molar-refractivity contribution in [3.8, 4) is 0 Å². The van der Waals surface area contributed by atoms with Gasteiger partial charge in [-0.2, -0.15) is 5.10 Å². The minimum atomic E-state index is 0.842. The number of benzene rings is 1. The fraction of sp³-hybridized carbons (Fsp3) is 0.286. The number of aromatic amines is 1. The zero-order chi connectivity index (χ0) is 14.1. The van der Waals surface area contributed by atoms with Crippen LogP contribution in [0.2, 0.25) is 0 Å². The van der Waals surface area contributed by atoms with E-state index in [0.29, 0.717) is 0 Å². The summed E-state index contributed by atoms with van der Waals surface area (Å²) in [7, 11) is 0. The molecule has 104 valence electrons. The van der Waals surface area contributed by atoms with Gasteiger partial charge in [0.05, 0.1) is 26.9 Å². The molecule has 0 aliphatic heterocycles. The van der Waals surface area contributed by atoms with Crippen molar-refractivity contribution in [3.63, 3.8) is 0 Å². The largest absolute Gasteiger partial charge is 0.333 e. The van der Waals surface area contributed by atoms with Gasteiger partial charge in [0.25, 0.3) is 0 Å². The summed E-state index contributed by atoms with van der Waals surface area (Å²) in [6, 6.07) is 8.08. The first-order valence-corrected chi connectivity index (χ1v) is 8.26. The predicted molar refractivity (Wildman–Crippen MR) is 86.0 cm³/mol. The number of fused-ring (bicyclic) bond motifs is 1. The van der Waals surface area contributed by atoms with E-state index in [1.54, 1.807) is 11.8 Å². The second-order valence-corrected chi connectivity index (χ2v) is 6.27. The Morgan fingerprint density at radius 1 is 1.35 bits per heavy atom. The number of hydrogen-bond acceptors (Lipinski definition) is 3. The zero-order valence-electron chi connectivity index (χ0n) is 11.4. The molecule has 0 amide bonds. The highest BCUT2D eigenvalue weighted by Crippen LogP contribution is 2.28. The molecule has 4 nitrogen and oxygen atoms in total. The van der Waals surface area contributed by atoms with Crippen molar-refractivity contribution in [2.75, 3.05) is 0 Å². The fourth-order valence-corrected chi connectivity index (χ4v) is 3.66. The van der Waals surface area contributed by atoms with Gasteiger partial charge in [0.2, 0.25) is 0 Å². The first kappa shape index (κ1) is 13.7. The highest BCUT2D eigenvalue weighted by atomic mass is 79.9. The Labute approximate surface area is 130 Å². The average molecular weight is 351 g/mol. The smallest absolute Gasteiger partial charge is 0.166 e. The Bertz CT molecular complexity index is 714. The van der Waals surface area contributed by atoms with Gasteiger partial charge in [-0.15, -0.1) is 0 Å². The Morgan fingerprint density at radius 2 is 2.15 bits per heavy atom. The third kappa shape index (κ3) is 2.50. The number of imidazole rings is 1. The molecule has 0 unspecified atom stereocenters. The minimum Gasteiger partial charge on any atom is -0.333 e. The van der Waals surface area contributed by atoms with Gasteiger partial charge >= 0.3 is 0 Å². The van der Waals surface area contributed by atoms with Crippen LogP contribution in [0.3, 0.4) is 0 Å². The minimum absolute atomic E-state index is 0.842. The number of H-pyrrole nitrogens is 1. The molecule has 2 heterocycles. The number of rotatable bonds is 4. The third-order valence-electron chi connectivity index (χ3n) is 3.17. The second kappa shape index (κ2) is 5.61. The SMILES string of the molecule is CCn1nc(C)c(Br)c1CSc1nc2ccccc2[nH]1. The van der Waals surface area contributed by atoms with Crippen molar-refractivity contribution in [3.05, 3.63) is 40.1 Å². The lowest BCUT2D eigenvalue weighted by Gasteiger charge is -2.03. The van der Waals surface area contributed by atoms with Crippen LogP contribution in [0.25, 0.3) is 11.0 Å². The average Bonchev–Trinajstić information content (AvgIpc) is 2.98. The molecule has 6 heteroatoms. The van der Waals surface area contributed by atoms with Gasteiger partial charge in [-0.3, -0.25) is 4.68 Å². The Balaban J connectivity index is 1.82. The summed E-state index contributed by atoms with van der Waals surface area (Å²) in [6.45, 7) is 5.00. The quantitative estimate of drug-likeness (QED) is 0.719. The maximum absolute atomic E-state index is 4.58. The number of nitrogens with one attached hydrogen (secondary N) is 1. The number of para-hydroxylation sites is 2. The van der Waals surface area contributed by atoms with Crippen LogP contribution >= 0.6 is 27.7 Å². The monoisotopic (exact) mass is 350 g/mol. The van der Waals surface area contributed by atoms with Gasteiger partial charge in [-0.1, -0.05) is 23.9 Å². The summed E-state index contributed by atoms with van der Waals surface area (Å²) in [5.74, 6) is 0.842. The summed E-state index contributed by atoms with van der Waals surface area (Å²) < 4.78 is 3.14. The van der Waals surface area contributed by atoms with E-state index in [1.807, 2.05) is 35.9 Å². The Kier molecular flexibility index (Phi) is 3.85. The van der Waals surface area contributed by atoms with Gasteiger partial charge in [0.15, 0.2) is 5.16 Å². The van der Waals surface area contributed by atoms with E-state index >= 15 is 0 Å². The fourth-order valence-electron chi connectivity index (χ4n) is 2.14. The molecule has 3 aromatic rings. The van der Waals surface area contributed by atoms with E-state index in [0.717, 1.165) is 38.7 Å². The highest BCUT2D eigenvalue weighted by Gasteiger charge is 2.13. The van der Waals surface area contributed by atoms with E-state index in [4.69, 9.17) is 0 Å². The highest BCUT2D eigenvalue weighted by molar-refractivity contribution is 9.10. The van der Waals surface area contributed by atoms with Crippen LogP contribution < -0.4 is 0 Å². The summed E-state index contributed by atoms with van der Waals surface area (Å²) in [5.41, 5.74) is 4.33. The predicted octanol–water partition coefficient (Wildman–Crippen LogP) is 4.14. The van der Waals surface area contributed by atoms with Crippen LogP contribution in [0.1, 0.15) is 18.3 Å². The van der Waals surface area contributed by atoms with Crippen LogP contribution in [-0.4, -0.2) is 19.7 Å². The summed E-state index contributed by atoms with van der Waals surface area (Å²) >= 11 is 5.32. The molecule has 0 bridgehead atoms. The molecule has 0 fully saturated rings. The molecule has 2 aromatic heterocycles. The van der Waals surface area contributed by atoms with Crippen molar-refractivity contribution in [2.45, 2.75) is 31.3 Å². The van der Waals surface area contributed by atoms with Crippen LogP contribution in [0, 0.1) is 6.92 Å². The molecule has 0 aliphatic carbocycles. The third-order valence-corrected chi connectivity index (χ3v) is 5.08. The van der Waals surface area contributed by atoms with Crippen molar-refractivity contribution in [1.29, 1.82) is 0 Å². The molecule has 0 saturated heterocycles.